The maximum atomic E-state index is 14.2. The van der Waals surface area contributed by atoms with Gasteiger partial charge in [0.25, 0.3) is 11.8 Å². The van der Waals surface area contributed by atoms with Gasteiger partial charge >= 0.3 is 6.09 Å². The van der Waals surface area contributed by atoms with E-state index in [4.69, 9.17) is 37.9 Å². The van der Waals surface area contributed by atoms with E-state index in [0.29, 0.717) is 102 Å². The molecule has 70 heavy (non-hydrogen) atoms. The van der Waals surface area contributed by atoms with E-state index in [0.717, 1.165) is 35.3 Å². The number of nitrogens with one attached hydrogen (secondary N) is 2. The molecule has 0 radical (unpaired) electrons. The third-order valence-electron chi connectivity index (χ3n) is 12.7. The Labute approximate surface area is 408 Å². The zero-order valence-corrected chi connectivity index (χ0v) is 40.6. The van der Waals surface area contributed by atoms with Crippen LogP contribution < -0.4 is 44.3 Å². The SMILES string of the molecule is COCCOCCOCCN(C(=O)OC(C)(C)C)c1cc(COc2cc3c(cc2OC)C(=O)N2c4ccccc4CC2CN3)cc(COc2cc3c(cc2OC)C(=O)N2c4ccccc4CC2CN3)c1. The van der Waals surface area contributed by atoms with Crippen LogP contribution in [0, 0.1) is 0 Å². The normalized spacial score (nSPS) is 16.5. The van der Waals surface area contributed by atoms with E-state index in [9.17, 15) is 14.4 Å². The fourth-order valence-corrected chi connectivity index (χ4v) is 9.47. The van der Waals surface area contributed by atoms with Crippen molar-refractivity contribution in [2.45, 2.75) is 64.5 Å². The monoisotopic (exact) mass is 955 g/mol. The molecule has 368 valence electrons. The number of methoxy groups -OCH3 is 3. The zero-order valence-electron chi connectivity index (χ0n) is 40.6. The summed E-state index contributed by atoms with van der Waals surface area (Å²) in [6, 6.07) is 28.7. The average Bonchev–Trinajstić information content (AvgIpc) is 3.84. The van der Waals surface area contributed by atoms with Gasteiger partial charge in [0.05, 0.1) is 88.4 Å². The van der Waals surface area contributed by atoms with Crippen LogP contribution in [0.4, 0.5) is 33.2 Å². The number of amides is 3. The predicted octanol–water partition coefficient (Wildman–Crippen LogP) is 8.28. The molecular weight excluding hydrogens is 895 g/mol. The van der Waals surface area contributed by atoms with Crippen molar-refractivity contribution in [3.63, 3.8) is 0 Å². The molecule has 5 aromatic carbocycles. The second kappa shape index (κ2) is 20.9. The summed E-state index contributed by atoms with van der Waals surface area (Å²) in [5.74, 6) is 1.43. The number of para-hydroxylation sites is 2. The molecule has 0 saturated carbocycles. The highest BCUT2D eigenvalue weighted by atomic mass is 16.6. The predicted molar refractivity (Wildman–Crippen MR) is 267 cm³/mol. The number of fused-ring (bicyclic) bond motifs is 8. The second-order valence-electron chi connectivity index (χ2n) is 18.6. The Bertz CT molecular complexity index is 2580. The van der Waals surface area contributed by atoms with Gasteiger partial charge in [-0.1, -0.05) is 36.4 Å². The Kier molecular flexibility index (Phi) is 14.4. The van der Waals surface area contributed by atoms with Crippen molar-refractivity contribution in [2.24, 2.45) is 0 Å². The molecule has 16 heteroatoms. The van der Waals surface area contributed by atoms with Crippen molar-refractivity contribution in [1.29, 1.82) is 0 Å². The molecule has 2 unspecified atom stereocenters. The maximum Gasteiger partial charge on any atom is 0.414 e. The van der Waals surface area contributed by atoms with Crippen molar-refractivity contribution in [1.82, 2.24) is 0 Å². The smallest absolute Gasteiger partial charge is 0.414 e. The minimum absolute atomic E-state index is 0.0380. The maximum absolute atomic E-state index is 14.2. The lowest BCUT2D eigenvalue weighted by molar-refractivity contribution is 0.0252. The van der Waals surface area contributed by atoms with Gasteiger partial charge in [0.15, 0.2) is 23.0 Å². The molecule has 0 fully saturated rings. The van der Waals surface area contributed by atoms with Crippen LogP contribution in [0.15, 0.2) is 91.0 Å². The molecule has 0 aromatic heterocycles. The number of anilines is 5. The van der Waals surface area contributed by atoms with Crippen LogP contribution in [-0.4, -0.2) is 110 Å². The van der Waals surface area contributed by atoms with Crippen LogP contribution in [0.25, 0.3) is 0 Å². The molecule has 2 atom stereocenters. The standard InChI is InChI=1S/C54H61N5O11/c1-54(2,3)70-53(62)57(15-16-66-19-20-67-18-17-63-4)38-22-34(32-68-49-28-43-41(26-47(49)64-5)51(60)58-39(30-55-43)24-36-11-7-9-13-45(36)58)21-35(23-38)33-69-50-29-44-42(27-48(50)65-6)52(61)59-40(31-56-44)25-37-12-8-10-14-46(37)59/h7-14,21-23,26-29,39-40,55-56H,15-20,24-25,30-33H2,1-6H3. The van der Waals surface area contributed by atoms with Gasteiger partial charge in [-0.2, -0.15) is 0 Å². The number of benzene rings is 5. The molecule has 16 nitrogen and oxygen atoms in total. The van der Waals surface area contributed by atoms with Crippen LogP contribution >= 0.6 is 0 Å². The van der Waals surface area contributed by atoms with E-state index in [2.05, 4.69) is 22.8 Å². The molecule has 4 heterocycles. The summed E-state index contributed by atoms with van der Waals surface area (Å²) in [7, 11) is 4.71. The number of ether oxygens (including phenoxy) is 8. The zero-order chi connectivity index (χ0) is 48.9. The Hall–Kier alpha value is -7.01. The van der Waals surface area contributed by atoms with Gasteiger partial charge in [0.1, 0.15) is 18.8 Å². The van der Waals surface area contributed by atoms with Gasteiger partial charge in [-0.05, 0) is 98.3 Å². The Morgan fingerprint density at radius 1 is 0.629 bits per heavy atom. The molecule has 0 spiro atoms. The van der Waals surface area contributed by atoms with Gasteiger partial charge in [-0.25, -0.2) is 4.79 Å². The highest BCUT2D eigenvalue weighted by Crippen LogP contribution is 2.43. The summed E-state index contributed by atoms with van der Waals surface area (Å²) in [5, 5.41) is 7.01. The molecule has 4 aliphatic rings. The average molecular weight is 956 g/mol. The molecule has 3 amide bonds. The summed E-state index contributed by atoms with van der Waals surface area (Å²) >= 11 is 0. The highest BCUT2D eigenvalue weighted by Gasteiger charge is 2.39. The summed E-state index contributed by atoms with van der Waals surface area (Å²) in [5.41, 5.74) is 7.54. The number of nitrogens with zero attached hydrogens (tertiary/aromatic N) is 3. The first-order valence-electron chi connectivity index (χ1n) is 23.7. The second-order valence-corrected chi connectivity index (χ2v) is 18.6. The Balaban J connectivity index is 1.000. The summed E-state index contributed by atoms with van der Waals surface area (Å²) in [6.07, 6.45) is 0.952. The highest BCUT2D eigenvalue weighted by molar-refractivity contribution is 6.13. The summed E-state index contributed by atoms with van der Waals surface area (Å²) in [4.78, 5) is 47.7. The van der Waals surface area contributed by atoms with Gasteiger partial charge in [-0.3, -0.25) is 14.5 Å². The minimum atomic E-state index is -0.787. The van der Waals surface area contributed by atoms with Crippen molar-refractivity contribution in [2.75, 3.05) is 99.3 Å². The number of hydrogen-bond donors (Lipinski definition) is 2. The van der Waals surface area contributed by atoms with E-state index in [1.807, 2.05) is 97.3 Å². The lowest BCUT2D eigenvalue weighted by atomic mass is 10.1. The third kappa shape index (κ3) is 10.3. The quantitative estimate of drug-likeness (QED) is 0.0810. The number of carbonyl (C=O) groups excluding carboxylic acids is 3. The molecule has 0 bridgehead atoms. The van der Waals surface area contributed by atoms with Crippen LogP contribution in [-0.2, 0) is 45.0 Å². The molecule has 9 rings (SSSR count). The van der Waals surface area contributed by atoms with E-state index in [-0.39, 0.29) is 50.3 Å². The first-order chi connectivity index (χ1) is 33.9. The molecule has 2 N–H and O–H groups in total. The van der Waals surface area contributed by atoms with Gasteiger partial charge in [0, 0.05) is 49.4 Å². The summed E-state index contributed by atoms with van der Waals surface area (Å²) < 4.78 is 47.3. The van der Waals surface area contributed by atoms with E-state index in [1.54, 1.807) is 33.5 Å². The Morgan fingerprint density at radius 2 is 1.11 bits per heavy atom. The van der Waals surface area contributed by atoms with Gasteiger partial charge in [0.2, 0.25) is 0 Å². The summed E-state index contributed by atoms with van der Waals surface area (Å²) in [6.45, 7) is 8.67. The van der Waals surface area contributed by atoms with Gasteiger partial charge in [-0.15, -0.1) is 0 Å². The van der Waals surface area contributed by atoms with Crippen LogP contribution in [0.3, 0.4) is 0 Å². The van der Waals surface area contributed by atoms with Crippen LogP contribution in [0.2, 0.25) is 0 Å². The molecule has 4 aliphatic heterocycles. The first kappa shape index (κ1) is 48.0. The molecular formula is C54H61N5O11. The fourth-order valence-electron chi connectivity index (χ4n) is 9.47. The van der Waals surface area contributed by atoms with E-state index >= 15 is 0 Å². The largest absolute Gasteiger partial charge is 0.493 e. The number of rotatable bonds is 18. The van der Waals surface area contributed by atoms with E-state index < -0.39 is 11.7 Å². The van der Waals surface area contributed by atoms with Crippen molar-refractivity contribution in [3.05, 3.63) is 124 Å². The first-order valence-corrected chi connectivity index (χ1v) is 23.7. The lowest BCUT2D eigenvalue weighted by Crippen LogP contribution is -2.39. The Morgan fingerprint density at radius 3 is 1.60 bits per heavy atom. The lowest BCUT2D eigenvalue weighted by Gasteiger charge is -2.28. The van der Waals surface area contributed by atoms with E-state index in [1.165, 1.54) is 4.90 Å². The number of carbonyl (C=O) groups is 3. The third-order valence-corrected chi connectivity index (χ3v) is 12.7. The molecule has 5 aromatic rings. The molecule has 0 saturated heterocycles. The number of hydrogen-bond acceptors (Lipinski definition) is 13. The van der Waals surface area contributed by atoms with Gasteiger partial charge < -0.3 is 58.3 Å². The van der Waals surface area contributed by atoms with Crippen LogP contribution in [0.1, 0.15) is 63.7 Å². The van der Waals surface area contributed by atoms with Crippen molar-refractivity contribution in [3.8, 4) is 23.0 Å². The fraction of sp³-hybridized carbons (Fsp3) is 0.389. The van der Waals surface area contributed by atoms with Crippen LogP contribution in [0.5, 0.6) is 23.0 Å². The molecule has 0 aliphatic carbocycles. The minimum Gasteiger partial charge on any atom is -0.493 e. The van der Waals surface area contributed by atoms with Crippen molar-refractivity contribution >= 4 is 46.3 Å². The van der Waals surface area contributed by atoms with Crippen molar-refractivity contribution < 1.29 is 52.3 Å². The topological polar surface area (TPSA) is 159 Å².